The van der Waals surface area contributed by atoms with Crippen LogP contribution in [0.15, 0.2) is 72.8 Å². The van der Waals surface area contributed by atoms with Crippen LogP contribution in [0.1, 0.15) is 51.5 Å². The highest BCUT2D eigenvalue weighted by Gasteiger charge is 2.37. The summed E-state index contributed by atoms with van der Waals surface area (Å²) in [5, 5.41) is 9.74. The molecule has 4 rings (SSSR count). The molecule has 1 fully saturated rings. The first-order valence-corrected chi connectivity index (χ1v) is 11.3. The van der Waals surface area contributed by atoms with Crippen LogP contribution in [-0.4, -0.2) is 28.0 Å². The lowest BCUT2D eigenvalue weighted by Crippen LogP contribution is -2.45. The van der Waals surface area contributed by atoms with Gasteiger partial charge in [0.1, 0.15) is 0 Å². The van der Waals surface area contributed by atoms with E-state index in [1.807, 2.05) is 36.1 Å². The molecular formula is C27H26ClNO4. The van der Waals surface area contributed by atoms with Crippen LogP contribution in [-0.2, 0) is 22.7 Å². The number of ether oxygens (including phenoxy) is 1. The van der Waals surface area contributed by atoms with Gasteiger partial charge in [-0.15, -0.1) is 0 Å². The van der Waals surface area contributed by atoms with Crippen LogP contribution in [0.2, 0.25) is 5.02 Å². The second kappa shape index (κ2) is 10.2. The third kappa shape index (κ3) is 5.62. The molecule has 0 radical (unpaired) electrons. The van der Waals surface area contributed by atoms with Crippen LogP contribution in [0.3, 0.4) is 0 Å². The van der Waals surface area contributed by atoms with Crippen molar-refractivity contribution in [3.63, 3.8) is 0 Å². The van der Waals surface area contributed by atoms with Crippen molar-refractivity contribution < 1.29 is 19.4 Å². The number of benzene rings is 3. The standard InChI is InChI=1S/C27H26ClNO4/c1-18-2-4-19(5-3-18)16-29-25(30)15-14-24(26(29)21-10-12-23(28)13-11-21)33-17-20-6-8-22(9-7-20)27(31)32/h2-13,24,26H,14-17H2,1H3,(H,31,32)/t24-,26+/m0/s1. The van der Waals surface area contributed by atoms with Gasteiger partial charge in [0.25, 0.3) is 0 Å². The number of hydrogen-bond acceptors (Lipinski definition) is 3. The highest BCUT2D eigenvalue weighted by molar-refractivity contribution is 6.30. The SMILES string of the molecule is Cc1ccc(CN2C(=O)CC[C@H](OCc3ccc(C(=O)O)cc3)[C@H]2c2ccc(Cl)cc2)cc1. The Morgan fingerprint density at radius 1 is 1.00 bits per heavy atom. The number of likely N-dealkylation sites (tertiary alicyclic amines) is 1. The molecule has 0 bridgehead atoms. The molecular weight excluding hydrogens is 438 g/mol. The van der Waals surface area contributed by atoms with Gasteiger partial charge in [-0.2, -0.15) is 0 Å². The Kier molecular flexibility index (Phi) is 7.11. The number of carboxylic acid groups (broad SMARTS) is 1. The predicted octanol–water partition coefficient (Wildman–Crippen LogP) is 5.80. The van der Waals surface area contributed by atoms with Gasteiger partial charge in [-0.3, -0.25) is 4.79 Å². The number of halogens is 1. The van der Waals surface area contributed by atoms with Crippen molar-refractivity contribution in [1.29, 1.82) is 0 Å². The van der Waals surface area contributed by atoms with Gasteiger partial charge in [0.05, 0.1) is 24.3 Å². The summed E-state index contributed by atoms with van der Waals surface area (Å²) in [6.45, 7) is 2.88. The Hall–Kier alpha value is -3.15. The van der Waals surface area contributed by atoms with Crippen molar-refractivity contribution in [2.45, 2.75) is 45.1 Å². The first-order chi connectivity index (χ1) is 15.9. The normalized spacial score (nSPS) is 18.4. The van der Waals surface area contributed by atoms with Crippen molar-refractivity contribution >= 4 is 23.5 Å². The summed E-state index contributed by atoms with van der Waals surface area (Å²) >= 11 is 6.12. The van der Waals surface area contributed by atoms with Crippen molar-refractivity contribution in [1.82, 2.24) is 4.90 Å². The predicted molar refractivity (Wildman–Crippen MR) is 127 cm³/mol. The maximum Gasteiger partial charge on any atom is 0.335 e. The molecule has 1 amide bonds. The van der Waals surface area contributed by atoms with E-state index in [0.29, 0.717) is 31.0 Å². The van der Waals surface area contributed by atoms with Gasteiger partial charge < -0.3 is 14.7 Å². The van der Waals surface area contributed by atoms with Gasteiger partial charge in [0.15, 0.2) is 0 Å². The van der Waals surface area contributed by atoms with Crippen LogP contribution in [0.25, 0.3) is 0 Å². The Bertz CT molecular complexity index is 1110. The number of hydrogen-bond donors (Lipinski definition) is 1. The zero-order chi connectivity index (χ0) is 23.4. The average Bonchev–Trinajstić information content (AvgIpc) is 2.82. The maximum absolute atomic E-state index is 13.0. The smallest absolute Gasteiger partial charge is 0.335 e. The number of piperidine rings is 1. The lowest BCUT2D eigenvalue weighted by atomic mass is 9.91. The molecule has 33 heavy (non-hydrogen) atoms. The third-order valence-electron chi connectivity index (χ3n) is 6.00. The fraction of sp³-hybridized carbons (Fsp3) is 0.259. The number of rotatable bonds is 7. The molecule has 2 atom stereocenters. The van der Waals surface area contributed by atoms with Crippen LogP contribution in [0.5, 0.6) is 0 Å². The van der Waals surface area contributed by atoms with Crippen molar-refractivity contribution in [3.8, 4) is 0 Å². The van der Waals surface area contributed by atoms with Crippen LogP contribution >= 0.6 is 11.6 Å². The van der Waals surface area contributed by atoms with E-state index >= 15 is 0 Å². The first-order valence-electron chi connectivity index (χ1n) is 10.9. The van der Waals surface area contributed by atoms with Gasteiger partial charge in [-0.25, -0.2) is 4.79 Å². The number of carboxylic acids is 1. The summed E-state index contributed by atoms with van der Waals surface area (Å²) < 4.78 is 6.33. The van der Waals surface area contributed by atoms with Gasteiger partial charge in [-0.1, -0.05) is 65.7 Å². The molecule has 0 unspecified atom stereocenters. The highest BCUT2D eigenvalue weighted by atomic mass is 35.5. The summed E-state index contributed by atoms with van der Waals surface area (Å²) in [6, 6.07) is 22.2. The summed E-state index contributed by atoms with van der Waals surface area (Å²) in [5.41, 5.74) is 4.35. The highest BCUT2D eigenvalue weighted by Crippen LogP contribution is 2.36. The molecule has 170 valence electrons. The van der Waals surface area contributed by atoms with Crippen LogP contribution in [0, 0.1) is 6.92 Å². The number of aromatic carboxylic acids is 1. The molecule has 5 nitrogen and oxygen atoms in total. The molecule has 3 aromatic carbocycles. The van der Waals surface area contributed by atoms with Crippen LogP contribution < -0.4 is 0 Å². The van der Waals surface area contributed by atoms with E-state index in [0.717, 1.165) is 16.7 Å². The fourth-order valence-electron chi connectivity index (χ4n) is 4.18. The molecule has 1 aliphatic rings. The van der Waals surface area contributed by atoms with Gasteiger partial charge in [-0.05, 0) is 54.3 Å². The Labute approximate surface area is 198 Å². The summed E-state index contributed by atoms with van der Waals surface area (Å²) in [6.07, 6.45) is 0.830. The van der Waals surface area contributed by atoms with E-state index in [4.69, 9.17) is 21.4 Å². The molecule has 1 saturated heterocycles. The van der Waals surface area contributed by atoms with E-state index in [1.165, 1.54) is 5.56 Å². The van der Waals surface area contributed by atoms with E-state index in [-0.39, 0.29) is 23.6 Å². The molecule has 0 saturated carbocycles. The quantitative estimate of drug-likeness (QED) is 0.481. The van der Waals surface area contributed by atoms with Gasteiger partial charge in [0, 0.05) is 18.0 Å². The molecule has 0 spiro atoms. The number of amides is 1. The summed E-state index contributed by atoms with van der Waals surface area (Å²) in [4.78, 5) is 26.0. The zero-order valence-corrected chi connectivity index (χ0v) is 19.2. The van der Waals surface area contributed by atoms with E-state index in [2.05, 4.69) is 24.3 Å². The monoisotopic (exact) mass is 463 g/mol. The molecule has 1 aliphatic heterocycles. The Balaban J connectivity index is 1.58. The minimum atomic E-state index is -0.956. The Morgan fingerprint density at radius 2 is 1.64 bits per heavy atom. The summed E-state index contributed by atoms with van der Waals surface area (Å²) in [5.74, 6) is -0.857. The van der Waals surface area contributed by atoms with Crippen molar-refractivity contribution in [2.75, 3.05) is 0 Å². The lowest BCUT2D eigenvalue weighted by molar-refractivity contribution is -0.147. The molecule has 3 aromatic rings. The zero-order valence-electron chi connectivity index (χ0n) is 18.4. The topological polar surface area (TPSA) is 66.8 Å². The number of carbonyl (C=O) groups is 2. The number of aryl methyl sites for hydroxylation is 1. The molecule has 0 aromatic heterocycles. The molecule has 1 N–H and O–H groups in total. The van der Waals surface area contributed by atoms with E-state index < -0.39 is 5.97 Å². The van der Waals surface area contributed by atoms with Crippen molar-refractivity contribution in [2.24, 2.45) is 0 Å². The number of carbonyl (C=O) groups excluding carboxylic acids is 1. The third-order valence-corrected chi connectivity index (χ3v) is 6.25. The largest absolute Gasteiger partial charge is 0.478 e. The maximum atomic E-state index is 13.0. The summed E-state index contributed by atoms with van der Waals surface area (Å²) in [7, 11) is 0. The van der Waals surface area contributed by atoms with E-state index in [9.17, 15) is 9.59 Å². The minimum Gasteiger partial charge on any atom is -0.478 e. The fourth-order valence-corrected chi connectivity index (χ4v) is 4.30. The lowest BCUT2D eigenvalue weighted by Gasteiger charge is -2.41. The molecule has 1 heterocycles. The minimum absolute atomic E-state index is 0.0983. The molecule has 6 heteroatoms. The second-order valence-corrected chi connectivity index (χ2v) is 8.83. The van der Waals surface area contributed by atoms with Gasteiger partial charge in [0.2, 0.25) is 5.91 Å². The molecule has 0 aliphatic carbocycles. The van der Waals surface area contributed by atoms with Crippen LogP contribution in [0.4, 0.5) is 0 Å². The average molecular weight is 464 g/mol. The van der Waals surface area contributed by atoms with E-state index in [1.54, 1.807) is 24.3 Å². The first kappa shape index (κ1) is 23.0. The van der Waals surface area contributed by atoms with Crippen molar-refractivity contribution in [3.05, 3.63) is 106 Å². The number of nitrogens with zero attached hydrogens (tertiary/aromatic N) is 1. The Morgan fingerprint density at radius 3 is 2.27 bits per heavy atom. The van der Waals surface area contributed by atoms with Gasteiger partial charge >= 0.3 is 5.97 Å². The second-order valence-electron chi connectivity index (χ2n) is 8.39.